The molecule has 31 heavy (non-hydrogen) atoms. The van der Waals surface area contributed by atoms with Crippen molar-refractivity contribution in [1.82, 2.24) is 20.9 Å². The number of hydrogen-bond donors (Lipinski definition) is 3. The van der Waals surface area contributed by atoms with Gasteiger partial charge in [-0.25, -0.2) is 4.79 Å². The van der Waals surface area contributed by atoms with Gasteiger partial charge in [-0.2, -0.15) is 0 Å². The van der Waals surface area contributed by atoms with Crippen LogP contribution in [0, 0.1) is 0 Å². The summed E-state index contributed by atoms with van der Waals surface area (Å²) in [6, 6.07) is 16.7. The number of nitrogens with zero attached hydrogens (tertiary/aromatic N) is 1. The Morgan fingerprint density at radius 2 is 1.48 bits per heavy atom. The quantitative estimate of drug-likeness (QED) is 0.611. The molecule has 7 heteroatoms. The number of rotatable bonds is 8. The van der Waals surface area contributed by atoms with Crippen molar-refractivity contribution in [3.8, 4) is 0 Å². The van der Waals surface area contributed by atoms with E-state index in [4.69, 9.17) is 0 Å². The van der Waals surface area contributed by atoms with Gasteiger partial charge in [0.1, 0.15) is 0 Å². The Labute approximate surface area is 183 Å². The van der Waals surface area contributed by atoms with Crippen LogP contribution in [0.2, 0.25) is 0 Å². The Morgan fingerprint density at radius 3 is 2.26 bits per heavy atom. The third kappa shape index (κ3) is 7.44. The van der Waals surface area contributed by atoms with Crippen LogP contribution in [0.3, 0.4) is 0 Å². The topological polar surface area (TPSA) is 90.5 Å². The zero-order valence-electron chi connectivity index (χ0n) is 17.7. The summed E-state index contributed by atoms with van der Waals surface area (Å²) in [4.78, 5) is 38.4. The minimum Gasteiger partial charge on any atom is -0.352 e. The van der Waals surface area contributed by atoms with Gasteiger partial charge >= 0.3 is 6.03 Å². The van der Waals surface area contributed by atoms with E-state index in [0.29, 0.717) is 18.7 Å². The van der Waals surface area contributed by atoms with E-state index in [-0.39, 0.29) is 30.8 Å². The van der Waals surface area contributed by atoms with Crippen molar-refractivity contribution in [3.63, 3.8) is 0 Å². The van der Waals surface area contributed by atoms with E-state index in [1.165, 1.54) is 6.42 Å². The number of likely N-dealkylation sites (tertiary alicyclic amines) is 1. The Kier molecular flexibility index (Phi) is 8.46. The molecule has 0 unspecified atom stereocenters. The fourth-order valence-corrected chi connectivity index (χ4v) is 3.51. The van der Waals surface area contributed by atoms with Crippen molar-refractivity contribution >= 4 is 17.8 Å². The number of nitrogens with one attached hydrogen (secondary N) is 3. The first-order valence-electron chi connectivity index (χ1n) is 10.8. The van der Waals surface area contributed by atoms with Crippen LogP contribution >= 0.6 is 0 Å². The van der Waals surface area contributed by atoms with Crippen molar-refractivity contribution in [1.29, 1.82) is 0 Å². The molecule has 4 amide bonds. The predicted octanol–water partition coefficient (Wildman–Crippen LogP) is 2.82. The van der Waals surface area contributed by atoms with Crippen molar-refractivity contribution in [3.05, 3.63) is 71.3 Å². The van der Waals surface area contributed by atoms with Gasteiger partial charge in [0.2, 0.25) is 5.91 Å². The van der Waals surface area contributed by atoms with Gasteiger partial charge in [0.25, 0.3) is 5.91 Å². The minimum atomic E-state index is -0.344. The molecule has 1 aliphatic heterocycles. The third-order valence-electron chi connectivity index (χ3n) is 5.24. The summed E-state index contributed by atoms with van der Waals surface area (Å²) in [6.45, 7) is 2.65. The lowest BCUT2D eigenvalue weighted by Crippen LogP contribution is -2.37. The third-order valence-corrected chi connectivity index (χ3v) is 5.24. The molecule has 3 rings (SSSR count). The molecule has 1 aliphatic rings. The van der Waals surface area contributed by atoms with E-state index >= 15 is 0 Å². The number of carbonyl (C=O) groups excluding carboxylic acids is 3. The second-order valence-corrected chi connectivity index (χ2v) is 7.68. The lowest BCUT2D eigenvalue weighted by molar-refractivity contribution is -0.121. The smallest absolute Gasteiger partial charge is 0.315 e. The van der Waals surface area contributed by atoms with Crippen LogP contribution in [-0.2, 0) is 17.9 Å². The molecule has 0 atom stereocenters. The molecule has 7 nitrogen and oxygen atoms in total. The van der Waals surface area contributed by atoms with Crippen LogP contribution in [-0.4, -0.2) is 42.4 Å². The molecule has 2 aromatic carbocycles. The molecule has 1 fully saturated rings. The number of amides is 4. The highest BCUT2D eigenvalue weighted by Gasteiger charge is 2.18. The Bertz CT molecular complexity index is 879. The molecule has 0 aliphatic carbocycles. The largest absolute Gasteiger partial charge is 0.352 e. The molecular weight excluding hydrogens is 392 g/mol. The number of piperidine rings is 1. The second kappa shape index (κ2) is 11.7. The maximum Gasteiger partial charge on any atom is 0.315 e. The molecule has 0 saturated carbocycles. The first-order valence-corrected chi connectivity index (χ1v) is 10.8. The maximum absolute atomic E-state index is 12.6. The molecule has 0 spiro atoms. The number of benzene rings is 2. The average Bonchev–Trinajstić information content (AvgIpc) is 2.82. The van der Waals surface area contributed by atoms with E-state index in [1.807, 2.05) is 59.5 Å². The lowest BCUT2D eigenvalue weighted by atomic mass is 10.1. The Morgan fingerprint density at radius 1 is 0.774 bits per heavy atom. The molecule has 0 aromatic heterocycles. The molecule has 0 radical (unpaired) electrons. The molecule has 1 saturated heterocycles. The number of carbonyl (C=O) groups is 3. The van der Waals surface area contributed by atoms with Crippen LogP contribution in [0.15, 0.2) is 54.6 Å². The van der Waals surface area contributed by atoms with Crippen LogP contribution < -0.4 is 16.0 Å². The highest BCUT2D eigenvalue weighted by Crippen LogP contribution is 2.14. The van der Waals surface area contributed by atoms with Gasteiger partial charge in [-0.3, -0.25) is 9.59 Å². The number of hydrogen-bond acceptors (Lipinski definition) is 3. The van der Waals surface area contributed by atoms with Gasteiger partial charge in [0.05, 0.1) is 0 Å². The monoisotopic (exact) mass is 422 g/mol. The van der Waals surface area contributed by atoms with Gasteiger partial charge < -0.3 is 20.9 Å². The molecular formula is C24H30N4O3. The van der Waals surface area contributed by atoms with E-state index in [9.17, 15) is 14.4 Å². The van der Waals surface area contributed by atoms with Crippen molar-refractivity contribution in [2.24, 2.45) is 0 Å². The normalized spacial score (nSPS) is 13.4. The fraction of sp³-hybridized carbons (Fsp3) is 0.375. The van der Waals surface area contributed by atoms with Crippen molar-refractivity contribution in [2.75, 3.05) is 19.6 Å². The van der Waals surface area contributed by atoms with Crippen LogP contribution in [0.1, 0.15) is 47.2 Å². The first-order chi connectivity index (χ1) is 15.1. The lowest BCUT2D eigenvalue weighted by Gasteiger charge is -2.26. The van der Waals surface area contributed by atoms with E-state index < -0.39 is 0 Å². The predicted molar refractivity (Wildman–Crippen MR) is 119 cm³/mol. The highest BCUT2D eigenvalue weighted by molar-refractivity contribution is 5.94. The van der Waals surface area contributed by atoms with E-state index in [2.05, 4.69) is 16.0 Å². The minimum absolute atomic E-state index is 0.0486. The van der Waals surface area contributed by atoms with E-state index in [0.717, 1.165) is 37.1 Å². The molecule has 1 heterocycles. The van der Waals surface area contributed by atoms with Gasteiger partial charge in [-0.1, -0.05) is 42.5 Å². The summed E-state index contributed by atoms with van der Waals surface area (Å²) in [5, 5.41) is 8.28. The van der Waals surface area contributed by atoms with Crippen LogP contribution in [0.5, 0.6) is 0 Å². The van der Waals surface area contributed by atoms with Crippen LogP contribution in [0.25, 0.3) is 0 Å². The highest BCUT2D eigenvalue weighted by atomic mass is 16.2. The first kappa shape index (κ1) is 22.3. The maximum atomic E-state index is 12.6. The summed E-state index contributed by atoms with van der Waals surface area (Å²) in [5.74, 6) is -0.0689. The summed E-state index contributed by atoms with van der Waals surface area (Å²) >= 11 is 0. The van der Waals surface area contributed by atoms with Crippen molar-refractivity contribution in [2.45, 2.75) is 38.8 Å². The zero-order valence-corrected chi connectivity index (χ0v) is 17.7. The van der Waals surface area contributed by atoms with Gasteiger partial charge in [-0.05, 0) is 42.5 Å². The average molecular weight is 423 g/mol. The summed E-state index contributed by atoms with van der Waals surface area (Å²) in [5.41, 5.74) is 2.54. The van der Waals surface area contributed by atoms with Crippen LogP contribution in [0.4, 0.5) is 4.79 Å². The van der Waals surface area contributed by atoms with Gasteiger partial charge in [0, 0.05) is 44.7 Å². The fourth-order valence-electron chi connectivity index (χ4n) is 3.51. The van der Waals surface area contributed by atoms with Gasteiger partial charge in [0.15, 0.2) is 0 Å². The zero-order chi connectivity index (χ0) is 21.9. The second-order valence-electron chi connectivity index (χ2n) is 7.68. The summed E-state index contributed by atoms with van der Waals surface area (Å²) in [7, 11) is 0. The van der Waals surface area contributed by atoms with Crippen molar-refractivity contribution < 1.29 is 14.4 Å². The Hall–Kier alpha value is -3.35. The SMILES string of the molecule is O=C(CCNC(=O)NCc1cccc(C(=O)N2CCCCC2)c1)NCc1ccccc1. The summed E-state index contributed by atoms with van der Waals surface area (Å²) in [6.07, 6.45) is 3.49. The summed E-state index contributed by atoms with van der Waals surface area (Å²) < 4.78 is 0. The molecule has 2 aromatic rings. The molecule has 3 N–H and O–H groups in total. The Balaban J connectivity index is 1.35. The molecule has 0 bridgehead atoms. The standard InChI is InChI=1S/C24H30N4O3/c29-22(26-17-19-8-3-1-4-9-19)12-13-25-24(31)27-18-20-10-7-11-21(16-20)23(30)28-14-5-2-6-15-28/h1,3-4,7-11,16H,2,5-6,12-15,17-18H2,(H,26,29)(H2,25,27,31). The van der Waals surface area contributed by atoms with E-state index in [1.54, 1.807) is 0 Å². The van der Waals surface area contributed by atoms with Gasteiger partial charge in [-0.15, -0.1) is 0 Å². The number of urea groups is 1. The molecule has 164 valence electrons.